The minimum atomic E-state index is -0.765. The van der Waals surface area contributed by atoms with Gasteiger partial charge >= 0.3 is 5.97 Å². The Hall–Kier alpha value is -1.88. The topological polar surface area (TPSA) is 69.6 Å². The average molecular weight is 346 g/mol. The van der Waals surface area contributed by atoms with Crippen molar-refractivity contribution in [3.63, 3.8) is 0 Å². The van der Waals surface area contributed by atoms with E-state index in [4.69, 9.17) is 0 Å². The van der Waals surface area contributed by atoms with E-state index in [0.29, 0.717) is 24.8 Å². The summed E-state index contributed by atoms with van der Waals surface area (Å²) >= 11 is 0. The number of carboxylic acid groups (broad SMARTS) is 1. The predicted molar refractivity (Wildman–Crippen MR) is 98.1 cm³/mol. The first-order chi connectivity index (χ1) is 11.8. The molecule has 0 aliphatic carbocycles. The van der Waals surface area contributed by atoms with Crippen molar-refractivity contribution in [2.75, 3.05) is 19.6 Å². The molecule has 1 aromatic carbocycles. The van der Waals surface area contributed by atoms with Gasteiger partial charge in [-0.05, 0) is 30.2 Å². The molecule has 0 saturated carbocycles. The summed E-state index contributed by atoms with van der Waals surface area (Å²) < 4.78 is 0. The van der Waals surface area contributed by atoms with E-state index in [1.807, 2.05) is 42.2 Å². The van der Waals surface area contributed by atoms with Gasteiger partial charge in [-0.3, -0.25) is 14.5 Å². The first-order valence-electron chi connectivity index (χ1n) is 9.14. The third kappa shape index (κ3) is 6.16. The van der Waals surface area contributed by atoms with Crippen molar-refractivity contribution in [1.82, 2.24) is 10.2 Å². The highest BCUT2D eigenvalue weighted by Gasteiger charge is 2.30. The van der Waals surface area contributed by atoms with Gasteiger partial charge in [0.25, 0.3) is 0 Å². The van der Waals surface area contributed by atoms with Crippen LogP contribution in [-0.2, 0) is 9.59 Å². The molecule has 5 heteroatoms. The van der Waals surface area contributed by atoms with Crippen LogP contribution < -0.4 is 5.32 Å². The van der Waals surface area contributed by atoms with Crippen molar-refractivity contribution >= 4 is 11.9 Å². The molecule has 138 valence electrons. The number of likely N-dealkylation sites (tertiary alicyclic amines) is 1. The van der Waals surface area contributed by atoms with E-state index < -0.39 is 5.97 Å². The molecule has 3 unspecified atom stereocenters. The average Bonchev–Trinajstić information content (AvgIpc) is 2.54. The monoisotopic (exact) mass is 346 g/mol. The van der Waals surface area contributed by atoms with Crippen molar-refractivity contribution < 1.29 is 14.7 Å². The third-order valence-electron chi connectivity index (χ3n) is 4.70. The van der Waals surface area contributed by atoms with Gasteiger partial charge in [0.1, 0.15) is 0 Å². The molecule has 0 aromatic heterocycles. The summed E-state index contributed by atoms with van der Waals surface area (Å²) in [6.45, 7) is 7.82. The Morgan fingerprint density at radius 3 is 2.52 bits per heavy atom. The van der Waals surface area contributed by atoms with Crippen molar-refractivity contribution in [2.24, 2.45) is 17.8 Å². The Bertz CT molecular complexity index is 574. The molecule has 0 bridgehead atoms. The second-order valence-corrected chi connectivity index (χ2v) is 7.73. The normalized spacial score (nSPS) is 22.6. The van der Waals surface area contributed by atoms with Crippen molar-refractivity contribution in [3.8, 4) is 0 Å². The maximum atomic E-state index is 12.6. The molecule has 0 radical (unpaired) electrons. The lowest BCUT2D eigenvalue weighted by molar-refractivity contribution is -0.145. The minimum absolute atomic E-state index is 0.00816. The van der Waals surface area contributed by atoms with Crippen LogP contribution in [0.1, 0.15) is 45.2 Å². The van der Waals surface area contributed by atoms with Crippen LogP contribution in [0.25, 0.3) is 0 Å². The van der Waals surface area contributed by atoms with Gasteiger partial charge in [0.2, 0.25) is 5.91 Å². The second-order valence-electron chi connectivity index (χ2n) is 7.73. The third-order valence-corrected chi connectivity index (χ3v) is 4.70. The van der Waals surface area contributed by atoms with Crippen LogP contribution in [0.15, 0.2) is 30.3 Å². The van der Waals surface area contributed by atoms with Gasteiger partial charge in [0.05, 0.1) is 18.5 Å². The fourth-order valence-corrected chi connectivity index (χ4v) is 3.65. The highest BCUT2D eigenvalue weighted by molar-refractivity contribution is 5.78. The smallest absolute Gasteiger partial charge is 0.307 e. The Morgan fingerprint density at radius 1 is 1.24 bits per heavy atom. The number of piperidine rings is 1. The molecular formula is C20H30N2O3. The summed E-state index contributed by atoms with van der Waals surface area (Å²) in [4.78, 5) is 25.8. The van der Waals surface area contributed by atoms with Crippen LogP contribution in [-0.4, -0.2) is 41.5 Å². The number of hydrogen-bond acceptors (Lipinski definition) is 3. The van der Waals surface area contributed by atoms with Gasteiger partial charge in [0, 0.05) is 13.1 Å². The lowest BCUT2D eigenvalue weighted by Crippen LogP contribution is -2.47. The Morgan fingerprint density at radius 2 is 1.92 bits per heavy atom. The predicted octanol–water partition coefficient (Wildman–Crippen LogP) is 2.93. The molecule has 2 rings (SSSR count). The van der Waals surface area contributed by atoms with Gasteiger partial charge in [-0.2, -0.15) is 0 Å². The van der Waals surface area contributed by atoms with E-state index in [0.717, 1.165) is 18.5 Å². The van der Waals surface area contributed by atoms with Gasteiger partial charge in [-0.25, -0.2) is 0 Å². The summed E-state index contributed by atoms with van der Waals surface area (Å²) in [5.74, 6) is -0.413. The molecule has 0 spiro atoms. The first-order valence-corrected chi connectivity index (χ1v) is 9.14. The molecule has 1 amide bonds. The number of carbonyl (C=O) groups excluding carboxylic acids is 1. The quantitative estimate of drug-likeness (QED) is 0.796. The fraction of sp³-hybridized carbons (Fsp3) is 0.600. The molecule has 3 atom stereocenters. The van der Waals surface area contributed by atoms with Crippen LogP contribution in [0.2, 0.25) is 0 Å². The number of aliphatic carboxylic acids is 1. The number of rotatable bonds is 7. The van der Waals surface area contributed by atoms with Crippen molar-refractivity contribution in [2.45, 2.75) is 39.7 Å². The van der Waals surface area contributed by atoms with E-state index in [9.17, 15) is 14.7 Å². The number of carbonyl (C=O) groups is 2. The van der Waals surface area contributed by atoms with E-state index >= 15 is 0 Å². The molecule has 25 heavy (non-hydrogen) atoms. The van der Waals surface area contributed by atoms with Crippen LogP contribution in [0.4, 0.5) is 0 Å². The molecule has 5 nitrogen and oxygen atoms in total. The maximum Gasteiger partial charge on any atom is 0.307 e. The van der Waals surface area contributed by atoms with E-state index in [2.05, 4.69) is 19.2 Å². The highest BCUT2D eigenvalue weighted by atomic mass is 16.4. The van der Waals surface area contributed by atoms with Gasteiger partial charge < -0.3 is 10.4 Å². The largest absolute Gasteiger partial charge is 0.481 e. The SMILES string of the molecule is CC(C)CC(NC(=O)CN1CC(C)CC(C(=O)O)C1)c1ccccc1. The minimum Gasteiger partial charge on any atom is -0.481 e. The molecule has 1 aliphatic heterocycles. The molecule has 1 aromatic rings. The summed E-state index contributed by atoms with van der Waals surface area (Å²) in [5, 5.41) is 12.4. The zero-order chi connectivity index (χ0) is 18.4. The van der Waals surface area contributed by atoms with Crippen molar-refractivity contribution in [3.05, 3.63) is 35.9 Å². The summed E-state index contributed by atoms with van der Waals surface area (Å²) in [6.07, 6.45) is 1.57. The Labute approximate surface area is 150 Å². The number of hydrogen-bond donors (Lipinski definition) is 2. The van der Waals surface area contributed by atoms with Crippen LogP contribution in [0.3, 0.4) is 0 Å². The lowest BCUT2D eigenvalue weighted by atomic mass is 9.90. The highest BCUT2D eigenvalue weighted by Crippen LogP contribution is 2.23. The molecular weight excluding hydrogens is 316 g/mol. The molecule has 2 N–H and O–H groups in total. The van der Waals surface area contributed by atoms with Gasteiger partial charge in [0.15, 0.2) is 0 Å². The Kier molecular flexibility index (Phi) is 7.00. The van der Waals surface area contributed by atoms with E-state index in [-0.39, 0.29) is 24.4 Å². The number of amides is 1. The molecule has 1 fully saturated rings. The first kappa shape index (κ1) is 19.4. The standard InChI is InChI=1S/C20H30N2O3/c1-14(2)9-18(16-7-5-4-6-8-16)21-19(23)13-22-11-15(3)10-17(12-22)20(24)25/h4-8,14-15,17-18H,9-13H2,1-3H3,(H,21,23)(H,24,25). The molecule has 1 heterocycles. The summed E-state index contributed by atoms with van der Waals surface area (Å²) in [7, 11) is 0. The van der Waals surface area contributed by atoms with Crippen molar-refractivity contribution in [1.29, 1.82) is 0 Å². The number of carboxylic acids is 1. The maximum absolute atomic E-state index is 12.6. The second kappa shape index (κ2) is 8.99. The van der Waals surface area contributed by atoms with Crippen LogP contribution >= 0.6 is 0 Å². The number of nitrogens with zero attached hydrogens (tertiary/aromatic N) is 1. The number of nitrogens with one attached hydrogen (secondary N) is 1. The Balaban J connectivity index is 1.97. The van der Waals surface area contributed by atoms with Gasteiger partial charge in [-0.1, -0.05) is 51.1 Å². The zero-order valence-corrected chi connectivity index (χ0v) is 15.4. The number of benzene rings is 1. The molecule has 1 saturated heterocycles. The lowest BCUT2D eigenvalue weighted by Gasteiger charge is -2.34. The summed E-state index contributed by atoms with van der Waals surface area (Å²) in [5.41, 5.74) is 1.11. The zero-order valence-electron chi connectivity index (χ0n) is 15.4. The molecule has 1 aliphatic rings. The van der Waals surface area contributed by atoms with Crippen LogP contribution in [0, 0.1) is 17.8 Å². The van der Waals surface area contributed by atoms with E-state index in [1.165, 1.54) is 0 Å². The van der Waals surface area contributed by atoms with E-state index in [1.54, 1.807) is 0 Å². The fourth-order valence-electron chi connectivity index (χ4n) is 3.65. The van der Waals surface area contributed by atoms with Gasteiger partial charge in [-0.15, -0.1) is 0 Å². The summed E-state index contributed by atoms with van der Waals surface area (Å²) in [6, 6.07) is 10.0. The van der Waals surface area contributed by atoms with Crippen LogP contribution in [0.5, 0.6) is 0 Å².